The summed E-state index contributed by atoms with van der Waals surface area (Å²) in [6, 6.07) is 10.9. The summed E-state index contributed by atoms with van der Waals surface area (Å²) in [5, 5.41) is 0. The lowest BCUT2D eigenvalue weighted by molar-refractivity contribution is -0.134. The van der Waals surface area contributed by atoms with E-state index in [-0.39, 0.29) is 5.57 Å². The first-order valence-electron chi connectivity index (χ1n) is 7.04. The SMILES string of the molecule is CN1C(=O)C(=Cc2ccn(-c3ccccc3)c2)C(=O)N(C)C1=O. The van der Waals surface area contributed by atoms with Crippen LogP contribution in [0.15, 0.2) is 54.4 Å². The Morgan fingerprint density at radius 3 is 2.09 bits per heavy atom. The molecule has 4 amide bonds. The Kier molecular flexibility index (Phi) is 3.57. The van der Waals surface area contributed by atoms with Crippen molar-refractivity contribution in [2.45, 2.75) is 0 Å². The van der Waals surface area contributed by atoms with Gasteiger partial charge in [0, 0.05) is 32.2 Å². The van der Waals surface area contributed by atoms with Gasteiger partial charge in [0.1, 0.15) is 5.57 Å². The number of aromatic nitrogens is 1. The third-order valence-electron chi connectivity index (χ3n) is 3.73. The van der Waals surface area contributed by atoms with Crippen LogP contribution in [0.1, 0.15) is 5.56 Å². The molecular weight excluding hydrogens is 294 g/mol. The summed E-state index contributed by atoms with van der Waals surface area (Å²) in [5.74, 6) is -1.18. The summed E-state index contributed by atoms with van der Waals surface area (Å²) in [6.07, 6.45) is 5.17. The minimum atomic E-state index is -0.626. The Morgan fingerprint density at radius 2 is 1.48 bits per heavy atom. The van der Waals surface area contributed by atoms with Gasteiger partial charge in [-0.2, -0.15) is 0 Å². The number of hydrogen-bond acceptors (Lipinski definition) is 3. The van der Waals surface area contributed by atoms with Crippen molar-refractivity contribution in [2.24, 2.45) is 0 Å². The van der Waals surface area contributed by atoms with Crippen molar-refractivity contribution in [2.75, 3.05) is 14.1 Å². The van der Waals surface area contributed by atoms with E-state index < -0.39 is 17.8 Å². The number of urea groups is 1. The van der Waals surface area contributed by atoms with Crippen LogP contribution < -0.4 is 0 Å². The van der Waals surface area contributed by atoms with E-state index in [9.17, 15) is 14.4 Å². The number of nitrogens with zero attached hydrogens (tertiary/aromatic N) is 3. The molecule has 116 valence electrons. The minimum Gasteiger partial charge on any atom is -0.323 e. The highest BCUT2D eigenvalue weighted by atomic mass is 16.2. The molecule has 0 N–H and O–H groups in total. The number of likely N-dealkylation sites (N-methyl/N-ethyl adjacent to an activating group) is 2. The Balaban J connectivity index is 1.95. The van der Waals surface area contributed by atoms with E-state index >= 15 is 0 Å². The summed E-state index contributed by atoms with van der Waals surface area (Å²) < 4.78 is 1.89. The second kappa shape index (κ2) is 5.57. The average molecular weight is 309 g/mol. The van der Waals surface area contributed by atoms with E-state index in [0.717, 1.165) is 15.5 Å². The number of barbiturate groups is 1. The molecule has 1 aliphatic heterocycles. The number of amides is 4. The average Bonchev–Trinajstić information content (AvgIpc) is 3.05. The van der Waals surface area contributed by atoms with Crippen LogP contribution in [0.5, 0.6) is 0 Å². The zero-order valence-electron chi connectivity index (χ0n) is 12.8. The van der Waals surface area contributed by atoms with Gasteiger partial charge in [0.05, 0.1) is 0 Å². The largest absolute Gasteiger partial charge is 0.333 e. The monoisotopic (exact) mass is 309 g/mol. The van der Waals surface area contributed by atoms with Gasteiger partial charge in [-0.15, -0.1) is 0 Å². The van der Waals surface area contributed by atoms with Crippen LogP contribution in [-0.2, 0) is 9.59 Å². The molecule has 0 atom stereocenters. The van der Waals surface area contributed by atoms with Gasteiger partial charge in [-0.3, -0.25) is 19.4 Å². The van der Waals surface area contributed by atoms with Crippen molar-refractivity contribution in [3.63, 3.8) is 0 Å². The highest BCUT2D eigenvalue weighted by molar-refractivity contribution is 6.30. The van der Waals surface area contributed by atoms with Crippen molar-refractivity contribution in [1.82, 2.24) is 14.4 Å². The lowest BCUT2D eigenvalue weighted by Gasteiger charge is -2.28. The molecule has 3 rings (SSSR count). The Hall–Kier alpha value is -3.15. The minimum absolute atomic E-state index is 0.0274. The quantitative estimate of drug-likeness (QED) is 0.629. The fraction of sp³-hybridized carbons (Fsp3) is 0.118. The number of benzene rings is 1. The van der Waals surface area contributed by atoms with Crippen LogP contribution in [0.3, 0.4) is 0 Å². The van der Waals surface area contributed by atoms with Crippen LogP contribution >= 0.6 is 0 Å². The summed E-state index contributed by atoms with van der Waals surface area (Å²) in [4.78, 5) is 37.9. The first kappa shape index (κ1) is 14.8. The molecule has 0 unspecified atom stereocenters. The van der Waals surface area contributed by atoms with E-state index in [1.165, 1.54) is 20.2 Å². The first-order valence-corrected chi connectivity index (χ1v) is 7.04. The lowest BCUT2D eigenvalue weighted by atomic mass is 10.1. The Morgan fingerprint density at radius 1 is 0.870 bits per heavy atom. The van der Waals surface area contributed by atoms with Gasteiger partial charge in [-0.1, -0.05) is 18.2 Å². The molecule has 0 spiro atoms. The fourth-order valence-electron chi connectivity index (χ4n) is 2.40. The van der Waals surface area contributed by atoms with Gasteiger partial charge in [0.25, 0.3) is 11.8 Å². The number of para-hydroxylation sites is 1. The summed E-state index contributed by atoms with van der Waals surface area (Å²) in [5.41, 5.74) is 1.66. The van der Waals surface area contributed by atoms with Gasteiger partial charge in [0.15, 0.2) is 0 Å². The van der Waals surface area contributed by atoms with E-state index in [0.29, 0.717) is 5.56 Å². The second-order valence-electron chi connectivity index (χ2n) is 5.26. The second-order valence-corrected chi connectivity index (χ2v) is 5.26. The van der Waals surface area contributed by atoms with Crippen molar-refractivity contribution in [1.29, 1.82) is 0 Å². The highest BCUT2D eigenvalue weighted by Crippen LogP contribution is 2.19. The Labute approximate surface area is 133 Å². The summed E-state index contributed by atoms with van der Waals surface area (Å²) in [6.45, 7) is 0. The molecule has 1 saturated heterocycles. The van der Waals surface area contributed by atoms with Gasteiger partial charge < -0.3 is 4.57 Å². The topological polar surface area (TPSA) is 62.6 Å². The van der Waals surface area contributed by atoms with Crippen molar-refractivity contribution >= 4 is 23.9 Å². The number of carbonyl (C=O) groups excluding carboxylic acids is 3. The first-order chi connectivity index (χ1) is 11.0. The summed E-state index contributed by atoms with van der Waals surface area (Å²) in [7, 11) is 2.72. The van der Waals surface area contributed by atoms with E-state index in [1.807, 2.05) is 47.3 Å². The number of rotatable bonds is 2. The third kappa shape index (κ3) is 2.55. The normalized spacial score (nSPS) is 15.4. The van der Waals surface area contributed by atoms with Gasteiger partial charge in [-0.25, -0.2) is 4.79 Å². The molecule has 23 heavy (non-hydrogen) atoms. The molecule has 0 aliphatic carbocycles. The zero-order chi connectivity index (χ0) is 16.6. The van der Waals surface area contributed by atoms with Gasteiger partial charge in [-0.05, 0) is 29.8 Å². The molecule has 0 bridgehead atoms. The third-order valence-corrected chi connectivity index (χ3v) is 3.73. The van der Waals surface area contributed by atoms with Crippen molar-refractivity contribution < 1.29 is 14.4 Å². The van der Waals surface area contributed by atoms with Crippen LogP contribution in [0, 0.1) is 0 Å². The van der Waals surface area contributed by atoms with E-state index in [4.69, 9.17) is 0 Å². The maximum absolute atomic E-state index is 12.2. The standard InChI is InChI=1S/C17H15N3O3/c1-18-15(21)14(16(22)19(2)17(18)23)10-12-8-9-20(11-12)13-6-4-3-5-7-13/h3-11H,1-2H3. The molecule has 1 aliphatic rings. The fourth-order valence-corrected chi connectivity index (χ4v) is 2.40. The molecule has 6 nitrogen and oxygen atoms in total. The van der Waals surface area contributed by atoms with Crippen LogP contribution in [0.4, 0.5) is 4.79 Å². The molecule has 2 heterocycles. The van der Waals surface area contributed by atoms with Crippen molar-refractivity contribution in [3.8, 4) is 5.69 Å². The molecule has 0 saturated carbocycles. The lowest BCUT2D eigenvalue weighted by Crippen LogP contribution is -2.52. The predicted octanol–water partition coefficient (Wildman–Crippen LogP) is 1.91. The molecule has 6 heteroatoms. The Bertz CT molecular complexity index is 795. The summed E-state index contributed by atoms with van der Waals surface area (Å²) >= 11 is 0. The molecule has 1 fully saturated rings. The van der Waals surface area contributed by atoms with Crippen LogP contribution in [-0.4, -0.2) is 46.3 Å². The van der Waals surface area contributed by atoms with Crippen molar-refractivity contribution in [3.05, 3.63) is 59.9 Å². The number of hydrogen-bond donors (Lipinski definition) is 0. The smallest absolute Gasteiger partial charge is 0.323 e. The zero-order valence-corrected chi connectivity index (χ0v) is 12.8. The highest BCUT2D eigenvalue weighted by Gasteiger charge is 2.37. The van der Waals surface area contributed by atoms with Crippen LogP contribution in [0.2, 0.25) is 0 Å². The maximum atomic E-state index is 12.2. The van der Waals surface area contributed by atoms with Gasteiger partial charge in [0.2, 0.25) is 0 Å². The van der Waals surface area contributed by atoms with E-state index in [2.05, 4.69) is 0 Å². The molecule has 1 aromatic heterocycles. The van der Waals surface area contributed by atoms with E-state index in [1.54, 1.807) is 6.07 Å². The number of imide groups is 2. The van der Waals surface area contributed by atoms with Crippen LogP contribution in [0.25, 0.3) is 11.8 Å². The predicted molar refractivity (Wildman–Crippen MR) is 84.7 cm³/mol. The molecule has 0 radical (unpaired) electrons. The number of carbonyl (C=O) groups is 3. The van der Waals surface area contributed by atoms with Gasteiger partial charge >= 0.3 is 6.03 Å². The maximum Gasteiger partial charge on any atom is 0.333 e. The molecule has 2 aromatic rings. The molecule has 1 aromatic carbocycles. The molecular formula is C17H15N3O3.